The molecular formula is C18H14N4OS. The lowest BCUT2D eigenvalue weighted by molar-refractivity contribution is -0.120. The predicted molar refractivity (Wildman–Crippen MR) is 92.3 cm³/mol. The molecule has 6 heteroatoms. The van der Waals surface area contributed by atoms with Crippen molar-refractivity contribution in [3.63, 3.8) is 0 Å². The molecule has 1 aromatic heterocycles. The molecule has 1 aliphatic heterocycles. The number of anilines is 1. The smallest absolute Gasteiger partial charge is 0.256 e. The fraction of sp³-hybridized carbons (Fsp3) is 0.222. The second-order valence-corrected chi connectivity index (χ2v) is 6.46. The summed E-state index contributed by atoms with van der Waals surface area (Å²) < 4.78 is 0. The Labute approximate surface area is 144 Å². The highest BCUT2D eigenvalue weighted by Gasteiger charge is 2.44. The Morgan fingerprint density at radius 3 is 2.46 bits per heavy atom. The Hall–Kier alpha value is -2.96. The summed E-state index contributed by atoms with van der Waals surface area (Å²) in [5, 5.41) is 26.4. The maximum atomic E-state index is 13.0. The van der Waals surface area contributed by atoms with Crippen LogP contribution in [0.2, 0.25) is 0 Å². The van der Waals surface area contributed by atoms with Crippen LogP contribution >= 0.6 is 11.3 Å². The summed E-state index contributed by atoms with van der Waals surface area (Å²) >= 11 is 1.45. The van der Waals surface area contributed by atoms with Crippen LogP contribution in [0.5, 0.6) is 0 Å². The number of carbonyl (C=O) groups excluding carboxylic acids is 1. The molecule has 0 N–H and O–H groups in total. The zero-order valence-electron chi connectivity index (χ0n) is 13.0. The molecule has 24 heavy (non-hydrogen) atoms. The number of thiophene rings is 1. The van der Waals surface area contributed by atoms with Gasteiger partial charge in [0.1, 0.15) is 5.92 Å². The number of amides is 1. The van der Waals surface area contributed by atoms with Crippen LogP contribution < -0.4 is 5.01 Å². The normalized spacial score (nSPS) is 18.2. The lowest BCUT2D eigenvalue weighted by Gasteiger charge is -2.23. The van der Waals surface area contributed by atoms with Gasteiger partial charge in [0.05, 0.1) is 23.7 Å². The van der Waals surface area contributed by atoms with E-state index in [1.807, 2.05) is 60.0 Å². The van der Waals surface area contributed by atoms with E-state index in [4.69, 9.17) is 0 Å². The molecule has 0 spiro atoms. The van der Waals surface area contributed by atoms with E-state index in [9.17, 15) is 15.3 Å². The molecule has 2 aromatic rings. The van der Waals surface area contributed by atoms with E-state index in [1.165, 1.54) is 16.3 Å². The Bertz CT molecular complexity index is 831. The van der Waals surface area contributed by atoms with Gasteiger partial charge in [-0.25, -0.2) is 5.01 Å². The summed E-state index contributed by atoms with van der Waals surface area (Å²) in [7, 11) is 0. The van der Waals surface area contributed by atoms with Gasteiger partial charge in [0, 0.05) is 16.5 Å². The minimum absolute atomic E-state index is 0.201. The fourth-order valence-corrected chi connectivity index (χ4v) is 3.84. The number of benzene rings is 1. The molecule has 1 amide bonds. The third kappa shape index (κ3) is 2.68. The molecular weight excluding hydrogens is 320 g/mol. The zero-order valence-corrected chi connectivity index (χ0v) is 13.8. The SMILES string of the molecule is CC1=NN(c2ccccc2)C(=O)[C@@H]1[C@H](c1cccs1)C(C#N)C#N. The van der Waals surface area contributed by atoms with Crippen molar-refractivity contribution in [1.82, 2.24) is 0 Å². The number of hydrogen-bond donors (Lipinski definition) is 0. The first kappa shape index (κ1) is 15.9. The minimum atomic E-state index is -0.904. The van der Waals surface area contributed by atoms with Crippen molar-refractivity contribution >= 4 is 28.6 Å². The van der Waals surface area contributed by atoms with Crippen LogP contribution in [0, 0.1) is 34.5 Å². The Morgan fingerprint density at radius 2 is 1.88 bits per heavy atom. The van der Waals surface area contributed by atoms with Crippen LogP contribution in [0.15, 0.2) is 52.9 Å². The van der Waals surface area contributed by atoms with Gasteiger partial charge in [0.2, 0.25) is 0 Å². The van der Waals surface area contributed by atoms with Crippen molar-refractivity contribution in [3.8, 4) is 12.1 Å². The monoisotopic (exact) mass is 334 g/mol. The van der Waals surface area contributed by atoms with Crippen molar-refractivity contribution in [1.29, 1.82) is 10.5 Å². The topological polar surface area (TPSA) is 80.2 Å². The maximum absolute atomic E-state index is 13.0. The lowest BCUT2D eigenvalue weighted by Crippen LogP contribution is -2.33. The standard InChI is InChI=1S/C18H14N4OS/c1-12-16(17(13(10-19)11-20)15-8-5-9-24-15)18(23)22(21-12)14-6-3-2-4-7-14/h2-9,13,16-17H,1H3/t16-,17-/m0/s1. The quantitative estimate of drug-likeness (QED) is 0.857. The number of hydrazone groups is 1. The van der Waals surface area contributed by atoms with Crippen molar-refractivity contribution < 1.29 is 4.79 Å². The summed E-state index contributed by atoms with van der Waals surface area (Å²) in [6.07, 6.45) is 0. The summed E-state index contributed by atoms with van der Waals surface area (Å²) in [6.45, 7) is 1.78. The highest BCUT2D eigenvalue weighted by atomic mass is 32.1. The van der Waals surface area contributed by atoms with E-state index in [0.717, 1.165) is 4.88 Å². The molecule has 0 saturated carbocycles. The second-order valence-electron chi connectivity index (χ2n) is 5.48. The van der Waals surface area contributed by atoms with Gasteiger partial charge in [0.15, 0.2) is 0 Å². The molecule has 2 heterocycles. The number of carbonyl (C=O) groups is 1. The Kier molecular flexibility index (Phi) is 4.41. The fourth-order valence-electron chi connectivity index (χ4n) is 2.94. The van der Waals surface area contributed by atoms with Gasteiger partial charge < -0.3 is 0 Å². The lowest BCUT2D eigenvalue weighted by atomic mass is 9.79. The molecule has 0 fully saturated rings. The Morgan fingerprint density at radius 1 is 1.17 bits per heavy atom. The van der Waals surface area contributed by atoms with Crippen LogP contribution in [0.1, 0.15) is 17.7 Å². The molecule has 0 radical (unpaired) electrons. The second kappa shape index (κ2) is 6.66. The summed E-state index contributed by atoms with van der Waals surface area (Å²) in [6, 6.07) is 17.0. The van der Waals surface area contributed by atoms with E-state index in [-0.39, 0.29) is 5.91 Å². The van der Waals surface area contributed by atoms with Gasteiger partial charge in [-0.05, 0) is 30.5 Å². The third-order valence-corrected chi connectivity index (χ3v) is 5.03. The van der Waals surface area contributed by atoms with Gasteiger partial charge in [-0.1, -0.05) is 24.3 Å². The van der Waals surface area contributed by atoms with Crippen molar-refractivity contribution in [3.05, 3.63) is 52.7 Å². The van der Waals surface area contributed by atoms with Crippen LogP contribution in [0.3, 0.4) is 0 Å². The zero-order chi connectivity index (χ0) is 17.1. The number of hydrogen-bond acceptors (Lipinski definition) is 5. The minimum Gasteiger partial charge on any atom is -0.272 e. The molecule has 0 aliphatic carbocycles. The number of rotatable bonds is 4. The van der Waals surface area contributed by atoms with Gasteiger partial charge in [-0.15, -0.1) is 11.3 Å². The first-order valence-corrected chi connectivity index (χ1v) is 8.32. The molecule has 0 saturated heterocycles. The summed E-state index contributed by atoms with van der Waals surface area (Å²) in [5.41, 5.74) is 1.30. The molecule has 5 nitrogen and oxygen atoms in total. The maximum Gasteiger partial charge on any atom is 0.256 e. The molecule has 0 bridgehead atoms. The van der Waals surface area contributed by atoms with Crippen molar-refractivity contribution in [2.24, 2.45) is 16.9 Å². The first-order chi connectivity index (χ1) is 11.7. The predicted octanol–water partition coefficient (Wildman–Crippen LogP) is 3.53. The highest BCUT2D eigenvalue weighted by Crippen LogP contribution is 2.40. The van der Waals surface area contributed by atoms with E-state index in [0.29, 0.717) is 11.4 Å². The van der Waals surface area contributed by atoms with Gasteiger partial charge in [0.25, 0.3) is 5.91 Å². The number of para-hydroxylation sites is 1. The Balaban J connectivity index is 2.01. The van der Waals surface area contributed by atoms with E-state index in [1.54, 1.807) is 6.92 Å². The van der Waals surface area contributed by atoms with Gasteiger partial charge >= 0.3 is 0 Å². The molecule has 0 unspecified atom stereocenters. The van der Waals surface area contributed by atoms with Gasteiger partial charge in [-0.2, -0.15) is 15.6 Å². The van der Waals surface area contributed by atoms with Crippen molar-refractivity contribution in [2.75, 3.05) is 5.01 Å². The first-order valence-electron chi connectivity index (χ1n) is 7.44. The van der Waals surface area contributed by atoms with Gasteiger partial charge in [-0.3, -0.25) is 4.79 Å². The molecule has 1 aliphatic rings. The van der Waals surface area contributed by atoms with Crippen LogP contribution in [-0.2, 0) is 4.79 Å². The average molecular weight is 334 g/mol. The third-order valence-electron chi connectivity index (χ3n) is 4.05. The largest absolute Gasteiger partial charge is 0.272 e. The number of nitrogens with zero attached hydrogens (tertiary/aromatic N) is 4. The molecule has 3 rings (SSSR count). The molecule has 2 atom stereocenters. The van der Waals surface area contributed by atoms with E-state index in [2.05, 4.69) is 5.10 Å². The average Bonchev–Trinajstić information content (AvgIpc) is 3.23. The number of nitriles is 2. The van der Waals surface area contributed by atoms with E-state index < -0.39 is 17.8 Å². The van der Waals surface area contributed by atoms with E-state index >= 15 is 0 Å². The molecule has 1 aromatic carbocycles. The summed E-state index contributed by atoms with van der Waals surface area (Å²) in [4.78, 5) is 13.8. The highest BCUT2D eigenvalue weighted by molar-refractivity contribution is 7.10. The van der Waals surface area contributed by atoms with Crippen LogP contribution in [0.4, 0.5) is 5.69 Å². The molecule has 118 valence electrons. The van der Waals surface area contributed by atoms with Crippen molar-refractivity contribution in [2.45, 2.75) is 12.8 Å². The summed E-state index contributed by atoms with van der Waals surface area (Å²) in [5.74, 6) is -2.22. The van der Waals surface area contributed by atoms with Crippen LogP contribution in [0.25, 0.3) is 0 Å². The van der Waals surface area contributed by atoms with Crippen LogP contribution in [-0.4, -0.2) is 11.6 Å².